The molecule has 3 nitrogen and oxygen atoms in total. The number of hydrogen-bond donors (Lipinski definition) is 1. The molecule has 0 heterocycles. The van der Waals surface area contributed by atoms with Crippen LogP contribution in [-0.4, -0.2) is 11.7 Å². The molecule has 2 aromatic carbocycles. The molecular weight excluding hydrogens is 320 g/mol. The predicted molar refractivity (Wildman–Crippen MR) is 82.5 cm³/mol. The van der Waals surface area contributed by atoms with Crippen molar-refractivity contribution in [1.82, 2.24) is 0 Å². The first-order valence-corrected chi connectivity index (χ1v) is 7.27. The summed E-state index contributed by atoms with van der Waals surface area (Å²) < 4.78 is 12.1. The van der Waals surface area contributed by atoms with Crippen LogP contribution in [-0.2, 0) is 0 Å². The van der Waals surface area contributed by atoms with Gasteiger partial charge >= 0.3 is 0 Å². The van der Waals surface area contributed by atoms with E-state index in [-0.39, 0.29) is 0 Å². The molecule has 0 radical (unpaired) electrons. The Morgan fingerprint density at radius 2 is 1.80 bits per heavy atom. The van der Waals surface area contributed by atoms with Gasteiger partial charge in [0, 0.05) is 10.5 Å². The van der Waals surface area contributed by atoms with E-state index in [2.05, 4.69) is 15.9 Å². The molecule has 0 fully saturated rings. The number of ether oxygens (including phenoxy) is 2. The van der Waals surface area contributed by atoms with Crippen LogP contribution in [0.2, 0.25) is 0 Å². The SMILES string of the molecule is CCOc1cccc(Oc2ccc([C@@H](C)O)c(Br)c2)c1. The number of benzene rings is 2. The fourth-order valence-electron chi connectivity index (χ4n) is 1.84. The zero-order chi connectivity index (χ0) is 14.5. The molecule has 106 valence electrons. The standard InChI is InChI=1S/C16H17BrO3/c1-3-19-12-5-4-6-13(9-12)20-14-7-8-15(11(2)18)16(17)10-14/h4-11,18H,3H2,1-2H3/t11-/m1/s1. The number of aliphatic hydroxyl groups excluding tert-OH is 1. The molecule has 1 N–H and O–H groups in total. The fraction of sp³-hybridized carbons (Fsp3) is 0.250. The van der Waals surface area contributed by atoms with Crippen LogP contribution in [0.4, 0.5) is 0 Å². The third kappa shape index (κ3) is 3.74. The summed E-state index contributed by atoms with van der Waals surface area (Å²) in [6.07, 6.45) is -0.514. The highest BCUT2D eigenvalue weighted by Crippen LogP contribution is 2.31. The average Bonchev–Trinajstić information content (AvgIpc) is 2.39. The first kappa shape index (κ1) is 14.9. The van der Waals surface area contributed by atoms with Gasteiger partial charge in [0.25, 0.3) is 0 Å². The molecule has 2 rings (SSSR count). The van der Waals surface area contributed by atoms with Gasteiger partial charge < -0.3 is 14.6 Å². The lowest BCUT2D eigenvalue weighted by Crippen LogP contribution is -1.94. The summed E-state index contributed by atoms with van der Waals surface area (Å²) in [4.78, 5) is 0. The molecule has 0 aliphatic rings. The van der Waals surface area contributed by atoms with Crippen molar-refractivity contribution in [1.29, 1.82) is 0 Å². The Morgan fingerprint density at radius 1 is 1.10 bits per heavy atom. The molecule has 0 aliphatic carbocycles. The van der Waals surface area contributed by atoms with E-state index in [4.69, 9.17) is 9.47 Å². The summed E-state index contributed by atoms with van der Waals surface area (Å²) in [6.45, 7) is 4.30. The Morgan fingerprint density at radius 3 is 2.45 bits per heavy atom. The Kier molecular flexibility index (Phi) is 5.04. The maximum absolute atomic E-state index is 9.59. The van der Waals surface area contributed by atoms with Crippen molar-refractivity contribution >= 4 is 15.9 Å². The Hall–Kier alpha value is -1.52. The van der Waals surface area contributed by atoms with Crippen molar-refractivity contribution in [2.75, 3.05) is 6.61 Å². The van der Waals surface area contributed by atoms with Crippen molar-refractivity contribution in [3.8, 4) is 17.2 Å². The van der Waals surface area contributed by atoms with Crippen molar-refractivity contribution in [3.05, 3.63) is 52.5 Å². The normalized spacial score (nSPS) is 12.0. The molecule has 0 saturated heterocycles. The van der Waals surface area contributed by atoms with Gasteiger partial charge in [-0.2, -0.15) is 0 Å². The summed E-state index contributed by atoms with van der Waals surface area (Å²) in [7, 11) is 0. The van der Waals surface area contributed by atoms with Crippen LogP contribution < -0.4 is 9.47 Å². The minimum atomic E-state index is -0.514. The topological polar surface area (TPSA) is 38.7 Å². The van der Waals surface area contributed by atoms with Crippen LogP contribution >= 0.6 is 15.9 Å². The van der Waals surface area contributed by atoms with E-state index in [1.807, 2.05) is 49.4 Å². The lowest BCUT2D eigenvalue weighted by Gasteiger charge is -2.11. The van der Waals surface area contributed by atoms with Gasteiger partial charge in [-0.15, -0.1) is 0 Å². The van der Waals surface area contributed by atoms with Gasteiger partial charge in [0.05, 0.1) is 12.7 Å². The van der Waals surface area contributed by atoms with E-state index in [1.54, 1.807) is 6.92 Å². The van der Waals surface area contributed by atoms with Crippen LogP contribution in [0.15, 0.2) is 46.9 Å². The fourth-order valence-corrected chi connectivity index (χ4v) is 2.53. The van der Waals surface area contributed by atoms with Crippen molar-refractivity contribution in [2.24, 2.45) is 0 Å². The summed E-state index contributed by atoms with van der Waals surface area (Å²) >= 11 is 3.44. The quantitative estimate of drug-likeness (QED) is 0.860. The van der Waals surface area contributed by atoms with Gasteiger partial charge in [-0.1, -0.05) is 28.1 Å². The summed E-state index contributed by atoms with van der Waals surface area (Å²) in [5, 5.41) is 9.59. The van der Waals surface area contributed by atoms with Crippen LogP contribution in [0.5, 0.6) is 17.2 Å². The average molecular weight is 337 g/mol. The highest BCUT2D eigenvalue weighted by atomic mass is 79.9. The van der Waals surface area contributed by atoms with Gasteiger partial charge in [-0.25, -0.2) is 0 Å². The van der Waals surface area contributed by atoms with Crippen LogP contribution in [0.3, 0.4) is 0 Å². The van der Waals surface area contributed by atoms with Crippen molar-refractivity contribution < 1.29 is 14.6 Å². The number of rotatable bonds is 5. The molecule has 0 amide bonds. The molecule has 0 unspecified atom stereocenters. The Labute approximate surface area is 127 Å². The number of aliphatic hydroxyl groups is 1. The van der Waals surface area contributed by atoms with Crippen LogP contribution in [0, 0.1) is 0 Å². The lowest BCUT2D eigenvalue weighted by atomic mass is 10.1. The second kappa shape index (κ2) is 6.77. The van der Waals surface area contributed by atoms with Crippen LogP contribution in [0.1, 0.15) is 25.5 Å². The molecule has 0 bridgehead atoms. The molecule has 0 spiro atoms. The second-order valence-electron chi connectivity index (χ2n) is 4.37. The third-order valence-electron chi connectivity index (χ3n) is 2.77. The lowest BCUT2D eigenvalue weighted by molar-refractivity contribution is 0.198. The highest BCUT2D eigenvalue weighted by molar-refractivity contribution is 9.10. The van der Waals surface area contributed by atoms with Crippen LogP contribution in [0.25, 0.3) is 0 Å². The van der Waals surface area contributed by atoms with Gasteiger partial charge in [0.2, 0.25) is 0 Å². The monoisotopic (exact) mass is 336 g/mol. The molecule has 1 atom stereocenters. The number of hydrogen-bond acceptors (Lipinski definition) is 3. The van der Waals surface area contributed by atoms with E-state index in [0.717, 1.165) is 15.8 Å². The van der Waals surface area contributed by atoms with Gasteiger partial charge in [0.1, 0.15) is 17.2 Å². The van der Waals surface area contributed by atoms with Crippen molar-refractivity contribution in [2.45, 2.75) is 20.0 Å². The second-order valence-corrected chi connectivity index (χ2v) is 5.22. The van der Waals surface area contributed by atoms with Gasteiger partial charge in [0.15, 0.2) is 0 Å². The zero-order valence-corrected chi connectivity index (χ0v) is 13.1. The minimum Gasteiger partial charge on any atom is -0.494 e. The maximum atomic E-state index is 9.59. The summed E-state index contributed by atoms with van der Waals surface area (Å²) in [5.41, 5.74) is 0.834. The number of halogens is 1. The summed E-state index contributed by atoms with van der Waals surface area (Å²) in [5.74, 6) is 2.20. The van der Waals surface area contributed by atoms with Gasteiger partial charge in [-0.05, 0) is 43.7 Å². The van der Waals surface area contributed by atoms with E-state index in [9.17, 15) is 5.11 Å². The first-order valence-electron chi connectivity index (χ1n) is 6.48. The van der Waals surface area contributed by atoms with Crippen molar-refractivity contribution in [3.63, 3.8) is 0 Å². The molecule has 2 aromatic rings. The molecule has 0 aromatic heterocycles. The predicted octanol–water partition coefficient (Wildman–Crippen LogP) is 4.69. The molecule has 0 saturated carbocycles. The third-order valence-corrected chi connectivity index (χ3v) is 3.46. The van der Waals surface area contributed by atoms with E-state index < -0.39 is 6.10 Å². The molecule has 0 aliphatic heterocycles. The van der Waals surface area contributed by atoms with E-state index in [0.29, 0.717) is 18.1 Å². The van der Waals surface area contributed by atoms with Gasteiger partial charge in [-0.3, -0.25) is 0 Å². The highest BCUT2D eigenvalue weighted by Gasteiger charge is 2.08. The zero-order valence-electron chi connectivity index (χ0n) is 11.5. The minimum absolute atomic E-state index is 0.514. The summed E-state index contributed by atoms with van der Waals surface area (Å²) in [6, 6.07) is 13.0. The molecule has 20 heavy (non-hydrogen) atoms. The molecular formula is C16H17BrO3. The largest absolute Gasteiger partial charge is 0.494 e. The first-order chi connectivity index (χ1) is 9.60. The smallest absolute Gasteiger partial charge is 0.131 e. The van der Waals surface area contributed by atoms with E-state index in [1.165, 1.54) is 0 Å². The molecule has 4 heteroatoms. The maximum Gasteiger partial charge on any atom is 0.131 e. The Balaban J connectivity index is 2.17. The Bertz CT molecular complexity index is 582. The van der Waals surface area contributed by atoms with E-state index >= 15 is 0 Å².